The summed E-state index contributed by atoms with van der Waals surface area (Å²) < 4.78 is 5.26. The van der Waals surface area contributed by atoms with E-state index < -0.39 is 0 Å². The zero-order valence-electron chi connectivity index (χ0n) is 10.3. The van der Waals surface area contributed by atoms with Gasteiger partial charge in [-0.1, -0.05) is 42.5 Å². The lowest BCUT2D eigenvalue weighted by atomic mass is 10.00. The summed E-state index contributed by atoms with van der Waals surface area (Å²) in [6.45, 7) is 0. The molecule has 0 aliphatic carbocycles. The molecule has 0 aromatic heterocycles. The van der Waals surface area contributed by atoms with Crippen LogP contribution in [0, 0.1) is 0 Å². The van der Waals surface area contributed by atoms with Gasteiger partial charge >= 0.3 is 0 Å². The molecule has 2 heteroatoms. The van der Waals surface area contributed by atoms with E-state index in [4.69, 9.17) is 4.74 Å². The fraction of sp³-hybridized carbons (Fsp3) is 0.125. The molecular formula is C16H15NO. The van der Waals surface area contributed by atoms with Crippen LogP contribution in [0.5, 0.6) is 5.75 Å². The van der Waals surface area contributed by atoms with E-state index in [9.17, 15) is 0 Å². The van der Waals surface area contributed by atoms with Crippen LogP contribution in [0.4, 0.5) is 5.69 Å². The first kappa shape index (κ1) is 10.9. The summed E-state index contributed by atoms with van der Waals surface area (Å²) in [5.41, 5.74) is 3.58. The Bertz CT molecular complexity index is 575. The van der Waals surface area contributed by atoms with Gasteiger partial charge in [0.15, 0.2) is 0 Å². The average molecular weight is 237 g/mol. The summed E-state index contributed by atoms with van der Waals surface area (Å²) in [6, 6.07) is 16.7. The van der Waals surface area contributed by atoms with Crippen LogP contribution in [0.25, 0.3) is 6.08 Å². The van der Waals surface area contributed by atoms with Crippen LogP contribution in [0.2, 0.25) is 0 Å². The maximum Gasteiger partial charge on any atom is 0.120 e. The number of benzene rings is 2. The van der Waals surface area contributed by atoms with Crippen LogP contribution < -0.4 is 10.1 Å². The van der Waals surface area contributed by atoms with Crippen molar-refractivity contribution in [3.05, 3.63) is 65.7 Å². The van der Waals surface area contributed by atoms with Gasteiger partial charge in [0.2, 0.25) is 0 Å². The van der Waals surface area contributed by atoms with Crippen molar-refractivity contribution in [3.63, 3.8) is 0 Å². The molecule has 1 atom stereocenters. The van der Waals surface area contributed by atoms with E-state index in [-0.39, 0.29) is 6.04 Å². The molecule has 0 radical (unpaired) electrons. The van der Waals surface area contributed by atoms with Crippen LogP contribution >= 0.6 is 0 Å². The molecule has 2 aromatic carbocycles. The van der Waals surface area contributed by atoms with Gasteiger partial charge < -0.3 is 10.1 Å². The molecule has 1 aliphatic rings. The maximum atomic E-state index is 5.26. The Morgan fingerprint density at radius 2 is 1.89 bits per heavy atom. The predicted octanol–water partition coefficient (Wildman–Crippen LogP) is 3.88. The Hall–Kier alpha value is -2.22. The van der Waals surface area contributed by atoms with Gasteiger partial charge in [-0.25, -0.2) is 0 Å². The quantitative estimate of drug-likeness (QED) is 0.856. The number of fused-ring (bicyclic) bond motifs is 1. The average Bonchev–Trinajstić information content (AvgIpc) is 2.47. The van der Waals surface area contributed by atoms with E-state index in [0.717, 1.165) is 11.4 Å². The Morgan fingerprint density at radius 3 is 2.67 bits per heavy atom. The summed E-state index contributed by atoms with van der Waals surface area (Å²) in [7, 11) is 1.69. The molecule has 1 N–H and O–H groups in total. The van der Waals surface area contributed by atoms with Gasteiger partial charge in [-0.3, -0.25) is 0 Å². The molecule has 0 saturated heterocycles. The van der Waals surface area contributed by atoms with Crippen LogP contribution in [-0.4, -0.2) is 7.11 Å². The Morgan fingerprint density at radius 1 is 1.06 bits per heavy atom. The minimum Gasteiger partial charge on any atom is -0.497 e. The zero-order valence-corrected chi connectivity index (χ0v) is 10.3. The van der Waals surface area contributed by atoms with Crippen molar-refractivity contribution in [2.45, 2.75) is 6.04 Å². The molecule has 0 fully saturated rings. The first-order chi connectivity index (χ1) is 8.86. The number of methoxy groups -OCH3 is 1. The van der Waals surface area contributed by atoms with Crippen molar-refractivity contribution in [1.29, 1.82) is 0 Å². The van der Waals surface area contributed by atoms with Crippen molar-refractivity contribution in [2.75, 3.05) is 12.4 Å². The molecule has 1 unspecified atom stereocenters. The van der Waals surface area contributed by atoms with E-state index in [2.05, 4.69) is 47.8 Å². The predicted molar refractivity (Wildman–Crippen MR) is 74.8 cm³/mol. The van der Waals surface area contributed by atoms with Gasteiger partial charge in [0.25, 0.3) is 0 Å². The van der Waals surface area contributed by atoms with Crippen LogP contribution in [0.3, 0.4) is 0 Å². The molecule has 3 rings (SSSR count). The summed E-state index contributed by atoms with van der Waals surface area (Å²) in [5.74, 6) is 0.878. The molecule has 0 spiro atoms. The normalized spacial score (nSPS) is 16.8. The third kappa shape index (κ3) is 1.97. The van der Waals surface area contributed by atoms with Gasteiger partial charge in [0, 0.05) is 11.8 Å². The fourth-order valence-corrected chi connectivity index (χ4v) is 2.20. The number of hydrogen-bond donors (Lipinski definition) is 1. The maximum absolute atomic E-state index is 5.26. The fourth-order valence-electron chi connectivity index (χ4n) is 2.20. The second kappa shape index (κ2) is 4.57. The van der Waals surface area contributed by atoms with Gasteiger partial charge in [0.05, 0.1) is 13.2 Å². The summed E-state index contributed by atoms with van der Waals surface area (Å²) in [6.07, 6.45) is 4.34. The number of rotatable bonds is 2. The van der Waals surface area contributed by atoms with Gasteiger partial charge in [-0.15, -0.1) is 0 Å². The lowest BCUT2D eigenvalue weighted by molar-refractivity contribution is 0.415. The van der Waals surface area contributed by atoms with Crippen molar-refractivity contribution in [3.8, 4) is 5.75 Å². The van der Waals surface area contributed by atoms with Crippen LogP contribution in [0.1, 0.15) is 17.2 Å². The topological polar surface area (TPSA) is 21.3 Å². The standard InChI is InChI=1S/C16H15NO/c1-18-14-9-7-13-8-10-15(17-16(13)11-14)12-5-3-2-4-6-12/h2-11,15,17H,1H3. The Kier molecular flexibility index (Phi) is 2.77. The van der Waals surface area contributed by atoms with E-state index in [1.165, 1.54) is 11.1 Å². The minimum absolute atomic E-state index is 0.228. The van der Waals surface area contributed by atoms with Crippen molar-refractivity contribution < 1.29 is 4.74 Å². The molecule has 2 aromatic rings. The Balaban J connectivity index is 1.93. The summed E-state index contributed by atoms with van der Waals surface area (Å²) in [5, 5.41) is 3.52. The Labute approximate surface area is 107 Å². The van der Waals surface area contributed by atoms with Crippen molar-refractivity contribution >= 4 is 11.8 Å². The SMILES string of the molecule is COc1ccc2c(c1)NC(c1ccccc1)C=C2. The highest BCUT2D eigenvalue weighted by Gasteiger charge is 2.14. The third-order valence-corrected chi connectivity index (χ3v) is 3.20. The minimum atomic E-state index is 0.228. The largest absolute Gasteiger partial charge is 0.497 e. The van der Waals surface area contributed by atoms with Crippen molar-refractivity contribution in [2.24, 2.45) is 0 Å². The molecule has 18 heavy (non-hydrogen) atoms. The van der Waals surface area contributed by atoms with Gasteiger partial charge in [0.1, 0.15) is 5.75 Å². The first-order valence-electron chi connectivity index (χ1n) is 6.04. The number of nitrogens with one attached hydrogen (secondary N) is 1. The highest BCUT2D eigenvalue weighted by Crippen LogP contribution is 2.32. The molecule has 0 bridgehead atoms. The van der Waals surface area contributed by atoms with Crippen LogP contribution in [0.15, 0.2) is 54.6 Å². The third-order valence-electron chi connectivity index (χ3n) is 3.20. The molecule has 2 nitrogen and oxygen atoms in total. The van der Waals surface area contributed by atoms with Gasteiger partial charge in [-0.05, 0) is 23.3 Å². The highest BCUT2D eigenvalue weighted by molar-refractivity contribution is 5.72. The molecule has 0 saturated carbocycles. The number of hydrogen-bond acceptors (Lipinski definition) is 2. The summed E-state index contributed by atoms with van der Waals surface area (Å²) >= 11 is 0. The van der Waals surface area contributed by atoms with E-state index in [0.29, 0.717) is 0 Å². The molecular weight excluding hydrogens is 222 g/mol. The van der Waals surface area contributed by atoms with E-state index in [1.807, 2.05) is 18.2 Å². The number of ether oxygens (including phenoxy) is 1. The first-order valence-corrected chi connectivity index (χ1v) is 6.04. The highest BCUT2D eigenvalue weighted by atomic mass is 16.5. The molecule has 0 amide bonds. The smallest absolute Gasteiger partial charge is 0.120 e. The van der Waals surface area contributed by atoms with E-state index in [1.54, 1.807) is 7.11 Å². The zero-order chi connectivity index (χ0) is 12.4. The number of anilines is 1. The lowest BCUT2D eigenvalue weighted by Crippen LogP contribution is -2.12. The second-order valence-corrected chi connectivity index (χ2v) is 4.34. The summed E-state index contributed by atoms with van der Waals surface area (Å²) in [4.78, 5) is 0. The van der Waals surface area contributed by atoms with Crippen LogP contribution in [-0.2, 0) is 0 Å². The molecule has 1 heterocycles. The molecule has 90 valence electrons. The monoisotopic (exact) mass is 237 g/mol. The van der Waals surface area contributed by atoms with Crippen molar-refractivity contribution in [1.82, 2.24) is 0 Å². The second-order valence-electron chi connectivity index (χ2n) is 4.34. The van der Waals surface area contributed by atoms with Gasteiger partial charge in [-0.2, -0.15) is 0 Å². The lowest BCUT2D eigenvalue weighted by Gasteiger charge is -2.23. The molecule has 1 aliphatic heterocycles. The van der Waals surface area contributed by atoms with E-state index >= 15 is 0 Å².